The summed E-state index contributed by atoms with van der Waals surface area (Å²) in [6.07, 6.45) is 3.58. The third kappa shape index (κ3) is 4.39. The second-order valence-corrected chi connectivity index (χ2v) is 3.05. The minimum absolute atomic E-state index is 0.288. The van der Waals surface area contributed by atoms with Crippen LogP contribution < -0.4 is 0 Å². The lowest BCUT2D eigenvalue weighted by Crippen LogP contribution is -2.28. The van der Waals surface area contributed by atoms with Gasteiger partial charge in [0.25, 0.3) is 0 Å². The van der Waals surface area contributed by atoms with Gasteiger partial charge in [0.15, 0.2) is 0 Å². The molecule has 14 heavy (non-hydrogen) atoms. The van der Waals surface area contributed by atoms with Crippen molar-refractivity contribution in [1.82, 2.24) is 0 Å². The summed E-state index contributed by atoms with van der Waals surface area (Å²) in [5.74, 6) is -0.407. The standard InChI is InChI=1S/C10H16O4/c1-2-10(11)14-8-7-12-5-3-9-4-6-13-9/h2,9H,1,3-8H2. The molecule has 0 N–H and O–H groups in total. The van der Waals surface area contributed by atoms with Gasteiger partial charge in [0, 0.05) is 19.3 Å². The Morgan fingerprint density at radius 3 is 2.86 bits per heavy atom. The largest absolute Gasteiger partial charge is 0.460 e. The van der Waals surface area contributed by atoms with Gasteiger partial charge in [-0.3, -0.25) is 0 Å². The lowest BCUT2D eigenvalue weighted by atomic mass is 10.1. The first-order chi connectivity index (χ1) is 6.83. The van der Waals surface area contributed by atoms with Crippen LogP contribution in [0.15, 0.2) is 12.7 Å². The Bertz CT molecular complexity index is 187. The van der Waals surface area contributed by atoms with Crippen LogP contribution in [0.2, 0.25) is 0 Å². The third-order valence-corrected chi connectivity index (χ3v) is 2.02. The fourth-order valence-electron chi connectivity index (χ4n) is 1.09. The predicted octanol–water partition coefficient (Wildman–Crippen LogP) is 0.911. The lowest BCUT2D eigenvalue weighted by Gasteiger charge is -2.26. The van der Waals surface area contributed by atoms with E-state index in [2.05, 4.69) is 6.58 Å². The molecule has 4 nitrogen and oxygen atoms in total. The topological polar surface area (TPSA) is 44.8 Å². The molecule has 1 heterocycles. The Balaban J connectivity index is 1.79. The van der Waals surface area contributed by atoms with E-state index in [-0.39, 0.29) is 6.61 Å². The zero-order valence-corrected chi connectivity index (χ0v) is 8.24. The van der Waals surface area contributed by atoms with E-state index in [0.717, 1.165) is 25.5 Å². The van der Waals surface area contributed by atoms with Crippen LogP contribution in [-0.4, -0.2) is 38.5 Å². The van der Waals surface area contributed by atoms with Crippen LogP contribution >= 0.6 is 0 Å². The first-order valence-electron chi connectivity index (χ1n) is 4.81. The molecular weight excluding hydrogens is 184 g/mol. The number of hydrogen-bond donors (Lipinski definition) is 0. The molecule has 0 aromatic heterocycles. The number of ether oxygens (including phenoxy) is 3. The van der Waals surface area contributed by atoms with E-state index < -0.39 is 5.97 Å². The van der Waals surface area contributed by atoms with E-state index in [1.807, 2.05) is 0 Å². The SMILES string of the molecule is C=CC(=O)OCCOCCC1CCO1. The highest BCUT2D eigenvalue weighted by atomic mass is 16.6. The van der Waals surface area contributed by atoms with Gasteiger partial charge < -0.3 is 14.2 Å². The summed E-state index contributed by atoms with van der Waals surface area (Å²) in [6.45, 7) is 5.55. The average molecular weight is 200 g/mol. The molecule has 1 aliphatic rings. The summed E-state index contributed by atoms with van der Waals surface area (Å²) < 4.78 is 15.2. The lowest BCUT2D eigenvalue weighted by molar-refractivity contribution is -0.139. The highest BCUT2D eigenvalue weighted by Crippen LogP contribution is 2.14. The van der Waals surface area contributed by atoms with Gasteiger partial charge in [-0.1, -0.05) is 6.58 Å². The maximum absolute atomic E-state index is 10.6. The summed E-state index contributed by atoms with van der Waals surface area (Å²) in [6, 6.07) is 0. The molecule has 1 aliphatic heterocycles. The highest BCUT2D eigenvalue weighted by Gasteiger charge is 2.16. The van der Waals surface area contributed by atoms with Crippen LogP contribution in [0.25, 0.3) is 0 Å². The summed E-state index contributed by atoms with van der Waals surface area (Å²) in [4.78, 5) is 10.6. The van der Waals surface area contributed by atoms with Crippen LogP contribution in [0, 0.1) is 0 Å². The third-order valence-electron chi connectivity index (χ3n) is 2.02. The van der Waals surface area contributed by atoms with Crippen LogP contribution in [0.4, 0.5) is 0 Å². The van der Waals surface area contributed by atoms with Gasteiger partial charge in [-0.25, -0.2) is 4.79 Å². The Hall–Kier alpha value is -0.870. The van der Waals surface area contributed by atoms with Gasteiger partial charge in [0.05, 0.1) is 12.7 Å². The zero-order valence-electron chi connectivity index (χ0n) is 8.24. The number of rotatable bonds is 7. The first-order valence-corrected chi connectivity index (χ1v) is 4.81. The van der Waals surface area contributed by atoms with Crippen LogP contribution in [-0.2, 0) is 19.0 Å². The van der Waals surface area contributed by atoms with Crippen LogP contribution in [0.1, 0.15) is 12.8 Å². The number of esters is 1. The molecule has 1 fully saturated rings. The monoisotopic (exact) mass is 200 g/mol. The Labute approximate surface area is 83.8 Å². The van der Waals surface area contributed by atoms with E-state index in [9.17, 15) is 4.79 Å². The fraction of sp³-hybridized carbons (Fsp3) is 0.700. The zero-order chi connectivity index (χ0) is 10.2. The Kier molecular flexibility index (Phi) is 5.25. The number of carbonyl (C=O) groups excluding carboxylic acids is 1. The molecule has 0 aromatic carbocycles. The van der Waals surface area contributed by atoms with Gasteiger partial charge in [0.1, 0.15) is 6.61 Å². The molecular formula is C10H16O4. The number of hydrogen-bond acceptors (Lipinski definition) is 4. The molecule has 0 bridgehead atoms. The van der Waals surface area contributed by atoms with Crippen molar-refractivity contribution in [2.75, 3.05) is 26.4 Å². The Morgan fingerprint density at radius 1 is 1.50 bits per heavy atom. The van der Waals surface area contributed by atoms with E-state index in [4.69, 9.17) is 14.2 Å². The normalized spacial score (nSPS) is 19.9. The second kappa shape index (κ2) is 6.56. The maximum Gasteiger partial charge on any atom is 0.330 e. The molecule has 0 radical (unpaired) electrons. The Morgan fingerprint density at radius 2 is 2.29 bits per heavy atom. The molecule has 80 valence electrons. The summed E-state index contributed by atoms with van der Waals surface area (Å²) >= 11 is 0. The molecule has 0 amide bonds. The second-order valence-electron chi connectivity index (χ2n) is 3.05. The highest BCUT2D eigenvalue weighted by molar-refractivity contribution is 5.81. The molecule has 0 aromatic rings. The molecule has 0 spiro atoms. The van der Waals surface area contributed by atoms with Gasteiger partial charge >= 0.3 is 5.97 Å². The van der Waals surface area contributed by atoms with E-state index >= 15 is 0 Å². The van der Waals surface area contributed by atoms with Gasteiger partial charge in [0.2, 0.25) is 0 Å². The molecule has 1 atom stereocenters. The van der Waals surface area contributed by atoms with E-state index in [0.29, 0.717) is 19.3 Å². The van der Waals surface area contributed by atoms with Crippen molar-refractivity contribution in [2.24, 2.45) is 0 Å². The van der Waals surface area contributed by atoms with Crippen molar-refractivity contribution in [2.45, 2.75) is 18.9 Å². The van der Waals surface area contributed by atoms with Crippen molar-refractivity contribution < 1.29 is 19.0 Å². The molecule has 0 aliphatic carbocycles. The fourth-order valence-corrected chi connectivity index (χ4v) is 1.09. The smallest absolute Gasteiger partial charge is 0.330 e. The van der Waals surface area contributed by atoms with E-state index in [1.165, 1.54) is 0 Å². The van der Waals surface area contributed by atoms with Crippen LogP contribution in [0.3, 0.4) is 0 Å². The maximum atomic E-state index is 10.6. The number of carbonyl (C=O) groups is 1. The van der Waals surface area contributed by atoms with Crippen LogP contribution in [0.5, 0.6) is 0 Å². The summed E-state index contributed by atoms with van der Waals surface area (Å²) in [7, 11) is 0. The van der Waals surface area contributed by atoms with Gasteiger partial charge in [-0.15, -0.1) is 0 Å². The predicted molar refractivity (Wildman–Crippen MR) is 50.9 cm³/mol. The molecule has 1 rings (SSSR count). The quantitative estimate of drug-likeness (QED) is 0.348. The van der Waals surface area contributed by atoms with Crippen molar-refractivity contribution in [3.8, 4) is 0 Å². The summed E-state index contributed by atoms with van der Waals surface area (Å²) in [5, 5.41) is 0. The molecule has 4 heteroatoms. The van der Waals surface area contributed by atoms with E-state index in [1.54, 1.807) is 0 Å². The summed E-state index contributed by atoms with van der Waals surface area (Å²) in [5.41, 5.74) is 0. The molecule has 1 saturated heterocycles. The minimum atomic E-state index is -0.407. The van der Waals surface area contributed by atoms with Gasteiger partial charge in [-0.05, 0) is 12.8 Å². The minimum Gasteiger partial charge on any atom is -0.460 e. The van der Waals surface area contributed by atoms with Crippen molar-refractivity contribution in [3.63, 3.8) is 0 Å². The first kappa shape index (κ1) is 11.2. The van der Waals surface area contributed by atoms with Crippen molar-refractivity contribution in [1.29, 1.82) is 0 Å². The van der Waals surface area contributed by atoms with Crippen molar-refractivity contribution in [3.05, 3.63) is 12.7 Å². The molecule has 1 unspecified atom stereocenters. The van der Waals surface area contributed by atoms with Gasteiger partial charge in [-0.2, -0.15) is 0 Å². The molecule has 0 saturated carbocycles. The average Bonchev–Trinajstić information content (AvgIpc) is 2.13. The van der Waals surface area contributed by atoms with Crippen molar-refractivity contribution >= 4 is 5.97 Å².